The molecular weight excluding hydrogens is 256 g/mol. The van der Waals surface area contributed by atoms with Crippen molar-refractivity contribution in [1.29, 1.82) is 0 Å². The topological polar surface area (TPSA) is 63.6 Å². The monoisotopic (exact) mass is 268 g/mol. The molecular formula is C13H13ClO4. The first-order valence-corrected chi connectivity index (χ1v) is 5.71. The summed E-state index contributed by atoms with van der Waals surface area (Å²) in [5.74, 6) is -1.86. The van der Waals surface area contributed by atoms with Gasteiger partial charge in [-0.05, 0) is 24.6 Å². The summed E-state index contributed by atoms with van der Waals surface area (Å²) in [6.45, 7) is 1.73. The van der Waals surface area contributed by atoms with Crippen molar-refractivity contribution in [3.8, 4) is 0 Å². The minimum Gasteiger partial charge on any atom is -0.478 e. The maximum atomic E-state index is 11.2. The van der Waals surface area contributed by atoms with E-state index >= 15 is 0 Å². The van der Waals surface area contributed by atoms with Crippen molar-refractivity contribution < 1.29 is 19.4 Å². The zero-order valence-corrected chi connectivity index (χ0v) is 10.6. The SMILES string of the molecule is CC(Cc1cccc(Cl)c1)OC(=O)/C=C\C(=O)O. The van der Waals surface area contributed by atoms with E-state index in [4.69, 9.17) is 21.4 Å². The fourth-order valence-corrected chi connectivity index (χ4v) is 1.63. The van der Waals surface area contributed by atoms with Gasteiger partial charge in [0, 0.05) is 23.6 Å². The number of carboxylic acids is 1. The molecule has 1 rings (SSSR count). The summed E-state index contributed by atoms with van der Waals surface area (Å²) in [6.07, 6.45) is 1.80. The number of halogens is 1. The summed E-state index contributed by atoms with van der Waals surface area (Å²) in [4.78, 5) is 21.4. The van der Waals surface area contributed by atoms with Crippen molar-refractivity contribution in [2.24, 2.45) is 0 Å². The van der Waals surface area contributed by atoms with Crippen molar-refractivity contribution in [2.75, 3.05) is 0 Å². The molecule has 1 N–H and O–H groups in total. The molecule has 0 fully saturated rings. The first kappa shape index (κ1) is 14.3. The maximum absolute atomic E-state index is 11.2. The van der Waals surface area contributed by atoms with Gasteiger partial charge in [-0.15, -0.1) is 0 Å². The van der Waals surface area contributed by atoms with Crippen LogP contribution in [-0.4, -0.2) is 23.1 Å². The quantitative estimate of drug-likeness (QED) is 0.658. The van der Waals surface area contributed by atoms with Crippen molar-refractivity contribution in [3.05, 3.63) is 47.0 Å². The van der Waals surface area contributed by atoms with Crippen LogP contribution in [0.4, 0.5) is 0 Å². The van der Waals surface area contributed by atoms with Crippen LogP contribution >= 0.6 is 11.6 Å². The highest BCUT2D eigenvalue weighted by Gasteiger charge is 2.08. The minimum absolute atomic E-state index is 0.352. The second-order valence-electron chi connectivity index (χ2n) is 3.75. The van der Waals surface area contributed by atoms with E-state index in [0.717, 1.165) is 17.7 Å². The van der Waals surface area contributed by atoms with E-state index in [1.54, 1.807) is 19.1 Å². The minimum atomic E-state index is -1.19. The first-order valence-electron chi connectivity index (χ1n) is 5.33. The van der Waals surface area contributed by atoms with Crippen molar-refractivity contribution in [1.82, 2.24) is 0 Å². The largest absolute Gasteiger partial charge is 0.478 e. The second-order valence-corrected chi connectivity index (χ2v) is 4.19. The lowest BCUT2D eigenvalue weighted by Crippen LogP contribution is -2.16. The number of carbonyl (C=O) groups excluding carboxylic acids is 1. The van der Waals surface area contributed by atoms with E-state index in [-0.39, 0.29) is 6.10 Å². The lowest BCUT2D eigenvalue weighted by molar-refractivity contribution is -0.142. The van der Waals surface area contributed by atoms with Crippen LogP contribution in [-0.2, 0) is 20.7 Å². The van der Waals surface area contributed by atoms with Crippen molar-refractivity contribution >= 4 is 23.5 Å². The van der Waals surface area contributed by atoms with Gasteiger partial charge in [-0.3, -0.25) is 0 Å². The highest BCUT2D eigenvalue weighted by atomic mass is 35.5. The number of aliphatic carboxylic acids is 1. The van der Waals surface area contributed by atoms with Crippen LogP contribution in [0.15, 0.2) is 36.4 Å². The Morgan fingerprint density at radius 3 is 2.78 bits per heavy atom. The van der Waals surface area contributed by atoms with Crippen LogP contribution in [0.25, 0.3) is 0 Å². The van der Waals surface area contributed by atoms with E-state index in [0.29, 0.717) is 11.4 Å². The molecule has 4 nitrogen and oxygen atoms in total. The third kappa shape index (κ3) is 5.50. The molecule has 0 saturated carbocycles. The van der Waals surface area contributed by atoms with E-state index in [1.807, 2.05) is 12.1 Å². The molecule has 5 heteroatoms. The van der Waals surface area contributed by atoms with Crippen LogP contribution in [0.1, 0.15) is 12.5 Å². The number of hydrogen-bond donors (Lipinski definition) is 1. The normalized spacial score (nSPS) is 12.3. The van der Waals surface area contributed by atoms with Crippen LogP contribution in [0.2, 0.25) is 5.02 Å². The Morgan fingerprint density at radius 2 is 2.17 bits per heavy atom. The van der Waals surface area contributed by atoms with Gasteiger partial charge in [-0.2, -0.15) is 0 Å². The summed E-state index contributed by atoms with van der Waals surface area (Å²) in [7, 11) is 0. The lowest BCUT2D eigenvalue weighted by atomic mass is 10.1. The number of ether oxygens (including phenoxy) is 1. The third-order valence-corrected chi connectivity index (χ3v) is 2.33. The van der Waals surface area contributed by atoms with E-state index in [1.165, 1.54) is 0 Å². The molecule has 96 valence electrons. The lowest BCUT2D eigenvalue weighted by Gasteiger charge is -2.11. The van der Waals surface area contributed by atoms with Crippen LogP contribution < -0.4 is 0 Å². The molecule has 0 heterocycles. The molecule has 0 bridgehead atoms. The van der Waals surface area contributed by atoms with Crippen molar-refractivity contribution in [2.45, 2.75) is 19.4 Å². The second kappa shape index (κ2) is 6.81. The standard InChI is InChI=1S/C13H13ClO4/c1-9(18-13(17)6-5-12(15)16)7-10-3-2-4-11(14)8-10/h2-6,8-9H,7H2,1H3,(H,15,16)/b6-5-. The Balaban J connectivity index is 2.49. The maximum Gasteiger partial charge on any atom is 0.331 e. The summed E-state index contributed by atoms with van der Waals surface area (Å²) in [6, 6.07) is 7.25. The summed E-state index contributed by atoms with van der Waals surface area (Å²) in [5.41, 5.74) is 0.949. The molecule has 0 aliphatic heterocycles. The molecule has 18 heavy (non-hydrogen) atoms. The molecule has 0 saturated heterocycles. The Labute approximate surface area is 110 Å². The number of hydrogen-bond acceptors (Lipinski definition) is 3. The van der Waals surface area contributed by atoms with Crippen molar-refractivity contribution in [3.63, 3.8) is 0 Å². The average molecular weight is 269 g/mol. The van der Waals surface area contributed by atoms with Gasteiger partial charge in [-0.1, -0.05) is 23.7 Å². The van der Waals surface area contributed by atoms with Gasteiger partial charge in [0.25, 0.3) is 0 Å². The molecule has 0 amide bonds. The van der Waals surface area contributed by atoms with E-state index in [9.17, 15) is 9.59 Å². The Kier molecular flexibility index (Phi) is 5.39. The first-order chi connectivity index (χ1) is 8.47. The van der Waals surface area contributed by atoms with Gasteiger partial charge in [0.1, 0.15) is 6.10 Å². The summed E-state index contributed by atoms with van der Waals surface area (Å²) < 4.78 is 5.01. The molecule has 0 radical (unpaired) electrons. The summed E-state index contributed by atoms with van der Waals surface area (Å²) >= 11 is 5.83. The highest BCUT2D eigenvalue weighted by Crippen LogP contribution is 2.13. The molecule has 0 aliphatic carbocycles. The Hall–Kier alpha value is -1.81. The van der Waals surface area contributed by atoms with Gasteiger partial charge in [0.05, 0.1) is 0 Å². The Morgan fingerprint density at radius 1 is 1.44 bits per heavy atom. The van der Waals surface area contributed by atoms with E-state index in [2.05, 4.69) is 0 Å². The molecule has 1 aromatic carbocycles. The van der Waals surface area contributed by atoms with Gasteiger partial charge in [0.2, 0.25) is 0 Å². The number of esters is 1. The fourth-order valence-electron chi connectivity index (χ4n) is 1.41. The zero-order valence-electron chi connectivity index (χ0n) is 9.80. The van der Waals surface area contributed by atoms with Gasteiger partial charge >= 0.3 is 11.9 Å². The molecule has 1 aromatic rings. The molecule has 1 unspecified atom stereocenters. The number of carboxylic acid groups (broad SMARTS) is 1. The fraction of sp³-hybridized carbons (Fsp3) is 0.231. The van der Waals surface area contributed by atoms with Crippen LogP contribution in [0, 0.1) is 0 Å². The third-order valence-electron chi connectivity index (χ3n) is 2.09. The average Bonchev–Trinajstić information content (AvgIpc) is 2.26. The van der Waals surface area contributed by atoms with Crippen LogP contribution in [0.3, 0.4) is 0 Å². The number of benzene rings is 1. The molecule has 0 aliphatic rings. The predicted molar refractivity (Wildman–Crippen MR) is 67.5 cm³/mol. The number of carbonyl (C=O) groups is 2. The Bertz CT molecular complexity index is 468. The highest BCUT2D eigenvalue weighted by molar-refractivity contribution is 6.30. The summed E-state index contributed by atoms with van der Waals surface area (Å²) in [5, 5.41) is 8.98. The van der Waals surface area contributed by atoms with Gasteiger partial charge in [0.15, 0.2) is 0 Å². The van der Waals surface area contributed by atoms with Gasteiger partial charge < -0.3 is 9.84 Å². The van der Waals surface area contributed by atoms with Gasteiger partial charge in [-0.25, -0.2) is 9.59 Å². The molecule has 1 atom stereocenters. The smallest absolute Gasteiger partial charge is 0.331 e. The zero-order chi connectivity index (χ0) is 13.5. The van der Waals surface area contributed by atoms with Crippen LogP contribution in [0.5, 0.6) is 0 Å². The molecule has 0 spiro atoms. The number of rotatable bonds is 5. The predicted octanol–water partition coefficient (Wildman–Crippen LogP) is 2.46. The van der Waals surface area contributed by atoms with E-state index < -0.39 is 11.9 Å². The molecule has 0 aromatic heterocycles.